The van der Waals surface area contributed by atoms with Crippen molar-refractivity contribution in [3.8, 4) is 22.5 Å². The van der Waals surface area contributed by atoms with Crippen LogP contribution in [0.5, 0.6) is 0 Å². The molecule has 0 aliphatic rings. The highest BCUT2D eigenvalue weighted by atomic mass is 35.5. The van der Waals surface area contributed by atoms with Gasteiger partial charge in [-0.2, -0.15) is 0 Å². The predicted molar refractivity (Wildman–Crippen MR) is 109 cm³/mol. The van der Waals surface area contributed by atoms with Crippen LogP contribution in [0.1, 0.15) is 11.4 Å². The van der Waals surface area contributed by atoms with Crippen LogP contribution in [0.25, 0.3) is 22.5 Å². The van der Waals surface area contributed by atoms with Crippen molar-refractivity contribution in [3.63, 3.8) is 0 Å². The molecule has 2 nitrogen and oxygen atoms in total. The van der Waals surface area contributed by atoms with E-state index < -0.39 is 0 Å². The van der Waals surface area contributed by atoms with Crippen LogP contribution in [0.4, 0.5) is 0 Å². The Kier molecular flexibility index (Phi) is 4.79. The van der Waals surface area contributed by atoms with Crippen LogP contribution < -0.4 is 0 Å². The van der Waals surface area contributed by atoms with Crippen LogP contribution in [0.15, 0.2) is 78.9 Å². The third-order valence-corrected chi connectivity index (χ3v) is 4.72. The van der Waals surface area contributed by atoms with Crippen molar-refractivity contribution in [2.24, 2.45) is 0 Å². The van der Waals surface area contributed by atoms with Gasteiger partial charge in [-0.3, -0.25) is 0 Å². The van der Waals surface area contributed by atoms with Crippen molar-refractivity contribution in [3.05, 3.63) is 100 Å². The number of aromatic amines is 1. The summed E-state index contributed by atoms with van der Waals surface area (Å²) < 4.78 is 0. The molecular weight excluding hydrogens is 363 g/mol. The Hall–Kier alpha value is -2.55. The molecule has 0 unspecified atom stereocenters. The highest BCUT2D eigenvalue weighted by molar-refractivity contribution is 6.31. The number of nitrogens with one attached hydrogen (secondary N) is 1. The fraction of sp³-hybridized carbons (Fsp3) is 0.0455. The smallest absolute Gasteiger partial charge is 0.111 e. The standard InChI is InChI=1S/C22H16Cl2N2/c23-18-10-6-16(7-11-18)21-22(17-8-12-19(24)13-9-17)26-20(25-21)14-15-4-2-1-3-5-15/h1-13H,14H2,(H,25,26). The van der Waals surface area contributed by atoms with Crippen molar-refractivity contribution in [2.45, 2.75) is 6.42 Å². The molecule has 0 radical (unpaired) electrons. The summed E-state index contributed by atoms with van der Waals surface area (Å²) in [7, 11) is 0. The Balaban J connectivity index is 1.79. The summed E-state index contributed by atoms with van der Waals surface area (Å²) in [5, 5.41) is 1.42. The Bertz CT molecular complexity index is 941. The van der Waals surface area contributed by atoms with Crippen LogP contribution in [0.2, 0.25) is 10.0 Å². The van der Waals surface area contributed by atoms with Crippen molar-refractivity contribution in [1.29, 1.82) is 0 Å². The van der Waals surface area contributed by atoms with Gasteiger partial charge in [-0.25, -0.2) is 4.98 Å². The molecule has 4 heteroatoms. The summed E-state index contributed by atoms with van der Waals surface area (Å²) in [6, 6.07) is 25.8. The largest absolute Gasteiger partial charge is 0.341 e. The van der Waals surface area contributed by atoms with E-state index in [2.05, 4.69) is 17.1 Å². The minimum absolute atomic E-state index is 0.710. The number of rotatable bonds is 4. The van der Waals surface area contributed by atoms with Gasteiger partial charge < -0.3 is 4.98 Å². The third-order valence-electron chi connectivity index (χ3n) is 4.22. The number of hydrogen-bond acceptors (Lipinski definition) is 1. The number of nitrogens with zero attached hydrogens (tertiary/aromatic N) is 1. The summed E-state index contributed by atoms with van der Waals surface area (Å²) in [5.74, 6) is 0.922. The second-order valence-corrected chi connectivity index (χ2v) is 6.96. The van der Waals surface area contributed by atoms with E-state index in [1.54, 1.807) is 0 Å². The van der Waals surface area contributed by atoms with Crippen LogP contribution >= 0.6 is 23.2 Å². The molecule has 1 heterocycles. The molecule has 0 amide bonds. The van der Waals surface area contributed by atoms with E-state index in [0.717, 1.165) is 34.8 Å². The third kappa shape index (κ3) is 3.67. The second kappa shape index (κ2) is 7.36. The number of halogens is 2. The first-order valence-corrected chi connectivity index (χ1v) is 9.09. The molecule has 0 bridgehead atoms. The molecule has 0 saturated heterocycles. The maximum Gasteiger partial charge on any atom is 0.111 e. The normalized spacial score (nSPS) is 10.8. The van der Waals surface area contributed by atoms with Gasteiger partial charge in [0.25, 0.3) is 0 Å². The zero-order valence-electron chi connectivity index (χ0n) is 13.9. The molecule has 1 N–H and O–H groups in total. The van der Waals surface area contributed by atoms with Crippen molar-refractivity contribution in [2.75, 3.05) is 0 Å². The SMILES string of the molecule is Clc1ccc(-c2nc(Cc3ccccc3)[nH]c2-c2ccc(Cl)cc2)cc1. The number of aromatic nitrogens is 2. The Morgan fingerprint density at radius 3 is 1.88 bits per heavy atom. The molecular formula is C22H16Cl2N2. The zero-order chi connectivity index (χ0) is 17.9. The maximum absolute atomic E-state index is 6.05. The lowest BCUT2D eigenvalue weighted by atomic mass is 10.1. The molecule has 3 aromatic carbocycles. The maximum atomic E-state index is 6.05. The van der Waals surface area contributed by atoms with Gasteiger partial charge >= 0.3 is 0 Å². The van der Waals surface area contributed by atoms with E-state index in [0.29, 0.717) is 10.0 Å². The minimum atomic E-state index is 0.710. The molecule has 0 spiro atoms. The van der Waals surface area contributed by atoms with Gasteiger partial charge in [0.05, 0.1) is 11.4 Å². The summed E-state index contributed by atoms with van der Waals surface area (Å²) in [6.45, 7) is 0. The zero-order valence-corrected chi connectivity index (χ0v) is 15.4. The average molecular weight is 379 g/mol. The summed E-state index contributed by atoms with van der Waals surface area (Å²) in [5.41, 5.74) is 5.18. The number of hydrogen-bond donors (Lipinski definition) is 1. The quantitative estimate of drug-likeness (QED) is 0.423. The average Bonchev–Trinajstić information content (AvgIpc) is 3.07. The van der Waals surface area contributed by atoms with Gasteiger partial charge in [0.15, 0.2) is 0 Å². The van der Waals surface area contributed by atoms with Crippen LogP contribution in [0.3, 0.4) is 0 Å². The van der Waals surface area contributed by atoms with Gasteiger partial charge in [0.1, 0.15) is 5.82 Å². The van der Waals surface area contributed by atoms with E-state index in [9.17, 15) is 0 Å². The Morgan fingerprint density at radius 1 is 0.692 bits per heavy atom. The Labute approximate surface area is 162 Å². The fourth-order valence-electron chi connectivity index (χ4n) is 2.94. The topological polar surface area (TPSA) is 28.7 Å². The van der Waals surface area contributed by atoms with Gasteiger partial charge in [-0.15, -0.1) is 0 Å². The first-order valence-electron chi connectivity index (χ1n) is 8.34. The molecule has 26 heavy (non-hydrogen) atoms. The van der Waals surface area contributed by atoms with Gasteiger partial charge in [0, 0.05) is 27.6 Å². The summed E-state index contributed by atoms with van der Waals surface area (Å²) in [6.07, 6.45) is 0.745. The molecule has 128 valence electrons. The predicted octanol–water partition coefficient (Wildman–Crippen LogP) is 6.64. The Morgan fingerprint density at radius 2 is 1.27 bits per heavy atom. The fourth-order valence-corrected chi connectivity index (χ4v) is 3.19. The highest BCUT2D eigenvalue weighted by Gasteiger charge is 2.14. The molecule has 1 aromatic heterocycles. The lowest BCUT2D eigenvalue weighted by molar-refractivity contribution is 1.03. The van der Waals surface area contributed by atoms with Crippen molar-refractivity contribution >= 4 is 23.2 Å². The lowest BCUT2D eigenvalue weighted by Crippen LogP contribution is -1.90. The van der Waals surface area contributed by atoms with E-state index >= 15 is 0 Å². The van der Waals surface area contributed by atoms with Gasteiger partial charge in [-0.05, 0) is 29.8 Å². The molecule has 4 aromatic rings. The van der Waals surface area contributed by atoms with Crippen LogP contribution in [-0.4, -0.2) is 9.97 Å². The highest BCUT2D eigenvalue weighted by Crippen LogP contribution is 2.32. The van der Waals surface area contributed by atoms with Crippen molar-refractivity contribution < 1.29 is 0 Å². The van der Waals surface area contributed by atoms with E-state index in [-0.39, 0.29) is 0 Å². The molecule has 4 rings (SSSR count). The number of benzene rings is 3. The number of imidazole rings is 1. The number of H-pyrrole nitrogens is 1. The molecule has 0 aliphatic carbocycles. The monoisotopic (exact) mass is 378 g/mol. The second-order valence-electron chi connectivity index (χ2n) is 6.08. The molecule has 0 saturated carbocycles. The van der Waals surface area contributed by atoms with E-state index in [1.165, 1.54) is 5.56 Å². The van der Waals surface area contributed by atoms with Crippen molar-refractivity contribution in [1.82, 2.24) is 9.97 Å². The van der Waals surface area contributed by atoms with Gasteiger partial charge in [-0.1, -0.05) is 77.8 Å². The van der Waals surface area contributed by atoms with Gasteiger partial charge in [0.2, 0.25) is 0 Å². The van der Waals surface area contributed by atoms with Crippen LogP contribution in [0, 0.1) is 0 Å². The van der Waals surface area contributed by atoms with Crippen LogP contribution in [-0.2, 0) is 6.42 Å². The molecule has 0 fully saturated rings. The lowest BCUT2D eigenvalue weighted by Gasteiger charge is -2.03. The first-order chi connectivity index (χ1) is 12.7. The first kappa shape index (κ1) is 16.9. The summed E-state index contributed by atoms with van der Waals surface area (Å²) >= 11 is 12.1. The summed E-state index contributed by atoms with van der Waals surface area (Å²) in [4.78, 5) is 8.36. The van der Waals surface area contributed by atoms with E-state index in [4.69, 9.17) is 28.2 Å². The molecule has 0 aliphatic heterocycles. The van der Waals surface area contributed by atoms with E-state index in [1.807, 2.05) is 66.7 Å². The molecule has 0 atom stereocenters. The minimum Gasteiger partial charge on any atom is -0.341 e.